The van der Waals surface area contributed by atoms with E-state index in [1.807, 2.05) is 103 Å². The molecular formula is C35H28N2O2S. The predicted molar refractivity (Wildman–Crippen MR) is 166 cm³/mol. The molecule has 0 spiro atoms. The minimum absolute atomic E-state index is 0.0439. The third-order valence-corrected chi connectivity index (χ3v) is 7.79. The fraction of sp³-hybridized carbons (Fsp3) is 0.0857. The first kappa shape index (κ1) is 25.7. The average molecular weight is 541 g/mol. The summed E-state index contributed by atoms with van der Waals surface area (Å²) in [6.45, 7) is 0.992. The summed E-state index contributed by atoms with van der Waals surface area (Å²) in [5.74, 6) is 0.699. The van der Waals surface area contributed by atoms with Gasteiger partial charge in [-0.25, -0.2) is 4.99 Å². The highest BCUT2D eigenvalue weighted by atomic mass is 32.2. The minimum Gasteiger partial charge on any atom is -0.488 e. The molecule has 0 bridgehead atoms. The van der Waals surface area contributed by atoms with Gasteiger partial charge in [0, 0.05) is 12.1 Å². The quantitative estimate of drug-likeness (QED) is 0.186. The van der Waals surface area contributed by atoms with E-state index in [0.717, 1.165) is 39.8 Å². The number of amidine groups is 1. The van der Waals surface area contributed by atoms with Crippen LogP contribution in [0, 0.1) is 0 Å². The van der Waals surface area contributed by atoms with Crippen LogP contribution in [0.3, 0.4) is 0 Å². The number of benzene rings is 5. The Morgan fingerprint density at radius 3 is 2.12 bits per heavy atom. The third kappa shape index (κ3) is 5.85. The molecule has 0 unspecified atom stereocenters. The van der Waals surface area contributed by atoms with Gasteiger partial charge in [0.25, 0.3) is 5.91 Å². The monoisotopic (exact) mass is 540 g/mol. The largest absolute Gasteiger partial charge is 0.488 e. The number of hydrogen-bond donors (Lipinski definition) is 0. The summed E-state index contributed by atoms with van der Waals surface area (Å²) in [4.78, 5) is 21.2. The van der Waals surface area contributed by atoms with Crippen molar-refractivity contribution in [3.05, 3.63) is 149 Å². The molecule has 6 rings (SSSR count). The summed E-state index contributed by atoms with van der Waals surface area (Å²) < 4.78 is 6.32. The van der Waals surface area contributed by atoms with Crippen molar-refractivity contribution in [3.63, 3.8) is 0 Å². The van der Waals surface area contributed by atoms with E-state index in [1.54, 1.807) is 4.90 Å². The van der Waals surface area contributed by atoms with E-state index >= 15 is 0 Å². The highest BCUT2D eigenvalue weighted by Gasteiger charge is 2.33. The number of para-hydroxylation sites is 1. The van der Waals surface area contributed by atoms with Crippen molar-refractivity contribution in [1.29, 1.82) is 0 Å². The first-order valence-corrected chi connectivity index (χ1v) is 14.1. The van der Waals surface area contributed by atoms with E-state index in [2.05, 4.69) is 30.3 Å². The molecule has 5 aromatic rings. The van der Waals surface area contributed by atoms with Crippen LogP contribution in [0.1, 0.15) is 16.7 Å². The topological polar surface area (TPSA) is 41.9 Å². The maximum Gasteiger partial charge on any atom is 0.266 e. The van der Waals surface area contributed by atoms with E-state index in [0.29, 0.717) is 23.2 Å². The van der Waals surface area contributed by atoms with Crippen molar-refractivity contribution >= 4 is 45.4 Å². The fourth-order valence-corrected chi connectivity index (χ4v) is 5.71. The zero-order valence-corrected chi connectivity index (χ0v) is 22.8. The molecule has 5 heteroatoms. The molecule has 0 N–H and O–H groups in total. The average Bonchev–Trinajstić information content (AvgIpc) is 3.30. The second-order valence-electron chi connectivity index (χ2n) is 9.51. The number of carbonyl (C=O) groups excluding carboxylic acids is 1. The lowest BCUT2D eigenvalue weighted by atomic mass is 10.0. The molecule has 0 saturated carbocycles. The predicted octanol–water partition coefficient (Wildman–Crippen LogP) is 8.27. The summed E-state index contributed by atoms with van der Waals surface area (Å²) in [7, 11) is 0. The third-order valence-electron chi connectivity index (χ3n) is 6.78. The number of fused-ring (bicyclic) bond motifs is 1. The van der Waals surface area contributed by atoms with E-state index in [9.17, 15) is 4.79 Å². The van der Waals surface area contributed by atoms with Crippen LogP contribution >= 0.6 is 11.8 Å². The zero-order chi connectivity index (χ0) is 27.1. The molecule has 1 aliphatic heterocycles. The molecule has 0 aliphatic carbocycles. The summed E-state index contributed by atoms with van der Waals surface area (Å²) in [6, 6.07) is 42.4. The second-order valence-corrected chi connectivity index (χ2v) is 10.5. The molecular weight excluding hydrogens is 512 g/mol. The molecule has 0 radical (unpaired) electrons. The van der Waals surface area contributed by atoms with Gasteiger partial charge < -0.3 is 4.74 Å². The van der Waals surface area contributed by atoms with Crippen LogP contribution in [0.5, 0.6) is 5.75 Å². The van der Waals surface area contributed by atoms with E-state index in [-0.39, 0.29) is 5.91 Å². The number of amides is 1. The molecule has 0 atom stereocenters. The van der Waals surface area contributed by atoms with Crippen LogP contribution in [0.25, 0.3) is 16.8 Å². The van der Waals surface area contributed by atoms with Crippen LogP contribution in [-0.2, 0) is 17.8 Å². The Bertz CT molecular complexity index is 1680. The second kappa shape index (κ2) is 12.1. The van der Waals surface area contributed by atoms with Crippen LogP contribution in [0.4, 0.5) is 5.69 Å². The highest BCUT2D eigenvalue weighted by molar-refractivity contribution is 8.18. The van der Waals surface area contributed by atoms with E-state index in [4.69, 9.17) is 9.73 Å². The fourth-order valence-electron chi connectivity index (χ4n) is 4.70. The van der Waals surface area contributed by atoms with Crippen molar-refractivity contribution < 1.29 is 9.53 Å². The molecule has 1 heterocycles. The lowest BCUT2D eigenvalue weighted by Gasteiger charge is -2.15. The smallest absolute Gasteiger partial charge is 0.266 e. The molecule has 1 saturated heterocycles. The molecule has 40 heavy (non-hydrogen) atoms. The Labute approximate surface area is 238 Å². The van der Waals surface area contributed by atoms with Crippen molar-refractivity contribution in [2.45, 2.75) is 13.0 Å². The molecule has 0 aromatic heterocycles. The SMILES string of the molecule is O=C1/C(=C\c2c(OCc3ccccc3)ccc3ccccc23)SC(=Nc2ccccc2)N1CCc1ccccc1. The van der Waals surface area contributed by atoms with Gasteiger partial charge in [0.05, 0.1) is 10.6 Å². The molecule has 4 nitrogen and oxygen atoms in total. The first-order valence-electron chi connectivity index (χ1n) is 13.3. The van der Waals surface area contributed by atoms with Gasteiger partial charge in [-0.1, -0.05) is 109 Å². The van der Waals surface area contributed by atoms with E-state index in [1.165, 1.54) is 17.3 Å². The Balaban J connectivity index is 1.37. The van der Waals surface area contributed by atoms with Crippen LogP contribution in [0.15, 0.2) is 137 Å². The summed E-state index contributed by atoms with van der Waals surface area (Å²) >= 11 is 1.42. The molecule has 1 fully saturated rings. The summed E-state index contributed by atoms with van der Waals surface area (Å²) in [5, 5.41) is 2.82. The lowest BCUT2D eigenvalue weighted by Crippen LogP contribution is -2.31. The van der Waals surface area contributed by atoms with Crippen LogP contribution in [-0.4, -0.2) is 22.5 Å². The van der Waals surface area contributed by atoms with Crippen molar-refractivity contribution in [2.75, 3.05) is 6.54 Å². The standard InChI is InChI=1S/C35H28N2O2S/c38-34-33(40-35(36-29-17-8-3-9-18-29)37(34)23-22-26-12-4-1-5-13-26)24-31-30-19-11-10-16-28(30)20-21-32(31)39-25-27-14-6-2-7-15-27/h1-21,24H,22-23,25H2/b33-24+,36-35?. The van der Waals surface area contributed by atoms with Crippen molar-refractivity contribution in [2.24, 2.45) is 4.99 Å². The summed E-state index contributed by atoms with van der Waals surface area (Å²) in [5.41, 5.74) is 3.99. The van der Waals surface area contributed by atoms with Gasteiger partial charge in [0.15, 0.2) is 5.17 Å². The maximum atomic E-state index is 13.9. The van der Waals surface area contributed by atoms with E-state index < -0.39 is 0 Å². The van der Waals surface area contributed by atoms with Gasteiger partial charge in [0.1, 0.15) is 12.4 Å². The van der Waals surface area contributed by atoms with Gasteiger partial charge in [-0.3, -0.25) is 9.69 Å². The Morgan fingerprint density at radius 2 is 1.38 bits per heavy atom. The van der Waals surface area contributed by atoms with Gasteiger partial charge in [-0.2, -0.15) is 0 Å². The first-order chi connectivity index (χ1) is 19.7. The number of hydrogen-bond acceptors (Lipinski definition) is 4. The van der Waals surface area contributed by atoms with Gasteiger partial charge in [0.2, 0.25) is 0 Å². The Kier molecular flexibility index (Phi) is 7.73. The maximum absolute atomic E-state index is 13.9. The van der Waals surface area contributed by atoms with Crippen LogP contribution < -0.4 is 4.74 Å². The molecule has 1 aliphatic rings. The van der Waals surface area contributed by atoms with Gasteiger partial charge in [-0.05, 0) is 64.4 Å². The number of carbonyl (C=O) groups is 1. The Morgan fingerprint density at radius 1 is 0.725 bits per heavy atom. The lowest BCUT2D eigenvalue weighted by molar-refractivity contribution is -0.122. The molecule has 196 valence electrons. The molecule has 5 aromatic carbocycles. The summed E-state index contributed by atoms with van der Waals surface area (Å²) in [6.07, 6.45) is 2.71. The van der Waals surface area contributed by atoms with Gasteiger partial charge in [-0.15, -0.1) is 0 Å². The number of aliphatic imine (C=N–C) groups is 1. The van der Waals surface area contributed by atoms with Crippen molar-refractivity contribution in [3.8, 4) is 5.75 Å². The number of rotatable bonds is 8. The minimum atomic E-state index is -0.0439. The zero-order valence-electron chi connectivity index (χ0n) is 21.9. The Hall–Kier alpha value is -4.61. The normalized spacial score (nSPS) is 15.3. The number of ether oxygens (including phenoxy) is 1. The number of thioether (sulfide) groups is 1. The van der Waals surface area contributed by atoms with Crippen LogP contribution in [0.2, 0.25) is 0 Å². The number of nitrogens with zero attached hydrogens (tertiary/aromatic N) is 2. The highest BCUT2D eigenvalue weighted by Crippen LogP contribution is 2.38. The molecule has 1 amide bonds. The van der Waals surface area contributed by atoms with Gasteiger partial charge >= 0.3 is 0 Å². The van der Waals surface area contributed by atoms with Crippen molar-refractivity contribution in [1.82, 2.24) is 4.90 Å².